The van der Waals surface area contributed by atoms with Crippen molar-refractivity contribution in [3.63, 3.8) is 0 Å². The molecule has 1 aliphatic carbocycles. The number of nitrogens with one attached hydrogen (secondary N) is 2. The van der Waals surface area contributed by atoms with Gasteiger partial charge in [0.1, 0.15) is 17.2 Å². The van der Waals surface area contributed by atoms with Crippen LogP contribution in [0.15, 0.2) is 24.5 Å². The van der Waals surface area contributed by atoms with Crippen molar-refractivity contribution in [1.82, 2.24) is 15.6 Å². The molecule has 0 bridgehead atoms. The normalized spacial score (nSPS) is 16.7. The van der Waals surface area contributed by atoms with Gasteiger partial charge in [0.05, 0.1) is 7.11 Å². The summed E-state index contributed by atoms with van der Waals surface area (Å²) in [5.41, 5.74) is -0.975. The quantitative estimate of drug-likeness (QED) is 0.720. The van der Waals surface area contributed by atoms with E-state index in [0.717, 1.165) is 18.4 Å². The molecule has 0 aliphatic heterocycles. The van der Waals surface area contributed by atoms with Gasteiger partial charge >= 0.3 is 12.1 Å². The molecule has 1 aliphatic rings. The van der Waals surface area contributed by atoms with Gasteiger partial charge in [-0.3, -0.25) is 9.78 Å². The van der Waals surface area contributed by atoms with Crippen LogP contribution in [0.25, 0.3) is 0 Å². The van der Waals surface area contributed by atoms with Gasteiger partial charge in [-0.2, -0.15) is 0 Å². The van der Waals surface area contributed by atoms with E-state index in [1.807, 2.05) is 6.07 Å². The fourth-order valence-electron chi connectivity index (χ4n) is 3.27. The van der Waals surface area contributed by atoms with Crippen molar-refractivity contribution in [2.24, 2.45) is 0 Å². The molecule has 0 saturated heterocycles. The van der Waals surface area contributed by atoms with Crippen LogP contribution < -0.4 is 10.6 Å². The summed E-state index contributed by atoms with van der Waals surface area (Å²) in [7, 11) is 1.27. The van der Waals surface area contributed by atoms with Crippen molar-refractivity contribution >= 4 is 18.0 Å². The van der Waals surface area contributed by atoms with Gasteiger partial charge in [0.25, 0.3) is 0 Å². The number of ether oxygens (including phenoxy) is 2. The van der Waals surface area contributed by atoms with Crippen LogP contribution in [0.5, 0.6) is 0 Å². The summed E-state index contributed by atoms with van der Waals surface area (Å²) in [5.74, 6) is -0.960. The highest BCUT2D eigenvalue weighted by molar-refractivity contribution is 5.93. The number of alkyl carbamates (subject to hydrolysis) is 1. The summed E-state index contributed by atoms with van der Waals surface area (Å²) >= 11 is 0. The van der Waals surface area contributed by atoms with Gasteiger partial charge in [0, 0.05) is 18.8 Å². The number of esters is 1. The predicted octanol–water partition coefficient (Wildman–Crippen LogP) is 2.12. The highest BCUT2D eigenvalue weighted by Gasteiger charge is 2.44. The first-order valence-corrected chi connectivity index (χ1v) is 9.44. The molecule has 154 valence electrons. The number of carbonyl (C=O) groups is 3. The van der Waals surface area contributed by atoms with Crippen molar-refractivity contribution in [2.45, 2.75) is 70.1 Å². The fraction of sp³-hybridized carbons (Fsp3) is 0.600. The van der Waals surface area contributed by atoms with Crippen LogP contribution in [0.4, 0.5) is 4.79 Å². The Bertz CT molecular complexity index is 694. The second-order valence-electron chi connectivity index (χ2n) is 8.03. The zero-order chi connectivity index (χ0) is 20.8. The average Bonchev–Trinajstić information content (AvgIpc) is 3.09. The third kappa shape index (κ3) is 5.94. The van der Waals surface area contributed by atoms with Crippen molar-refractivity contribution in [2.75, 3.05) is 7.11 Å². The van der Waals surface area contributed by atoms with Gasteiger partial charge in [0.2, 0.25) is 5.91 Å². The topological polar surface area (TPSA) is 107 Å². The minimum absolute atomic E-state index is 0.245. The van der Waals surface area contributed by atoms with Gasteiger partial charge in [-0.25, -0.2) is 9.59 Å². The standard InChI is InChI=1S/C20H29N3O5/c1-19(2,3)28-18(26)23-20(9-5-6-10-20)17(25)22-15(16(24)27-4)12-14-8-7-11-21-13-14/h7-8,11,13,15H,5-6,9-10,12H2,1-4H3,(H,22,25)(H,23,26)/t15-/m0/s1. The lowest BCUT2D eigenvalue weighted by Gasteiger charge is -2.31. The number of aromatic nitrogens is 1. The monoisotopic (exact) mass is 391 g/mol. The molecular formula is C20H29N3O5. The number of nitrogens with zero attached hydrogens (tertiary/aromatic N) is 1. The largest absolute Gasteiger partial charge is 0.467 e. The first-order valence-electron chi connectivity index (χ1n) is 9.44. The Labute approximate surface area is 165 Å². The third-order valence-electron chi connectivity index (χ3n) is 4.59. The van der Waals surface area contributed by atoms with Crippen LogP contribution in [0, 0.1) is 0 Å². The van der Waals surface area contributed by atoms with Gasteiger partial charge in [-0.05, 0) is 45.2 Å². The molecule has 1 atom stereocenters. The summed E-state index contributed by atoms with van der Waals surface area (Å²) in [6, 6.07) is 2.70. The van der Waals surface area contributed by atoms with Crippen molar-refractivity contribution in [3.8, 4) is 0 Å². The first-order chi connectivity index (χ1) is 13.1. The number of methoxy groups -OCH3 is 1. The van der Waals surface area contributed by atoms with E-state index >= 15 is 0 Å². The predicted molar refractivity (Wildman–Crippen MR) is 102 cm³/mol. The summed E-state index contributed by atoms with van der Waals surface area (Å²) in [6.45, 7) is 5.28. The van der Waals surface area contributed by atoms with Gasteiger partial charge < -0.3 is 20.1 Å². The van der Waals surface area contributed by atoms with Crippen molar-refractivity contribution < 1.29 is 23.9 Å². The maximum absolute atomic E-state index is 13.1. The van der Waals surface area contributed by atoms with Crippen LogP contribution in [0.3, 0.4) is 0 Å². The lowest BCUT2D eigenvalue weighted by Crippen LogP contribution is -2.60. The summed E-state index contributed by atoms with van der Waals surface area (Å²) in [6.07, 6.45) is 5.43. The molecule has 0 unspecified atom stereocenters. The Morgan fingerprint density at radius 3 is 2.46 bits per heavy atom. The number of hydrogen-bond acceptors (Lipinski definition) is 6. The molecular weight excluding hydrogens is 362 g/mol. The Morgan fingerprint density at radius 2 is 1.93 bits per heavy atom. The molecule has 0 radical (unpaired) electrons. The molecule has 1 aromatic heterocycles. The van der Waals surface area contributed by atoms with Crippen LogP contribution in [0.2, 0.25) is 0 Å². The molecule has 0 aromatic carbocycles. The Morgan fingerprint density at radius 1 is 1.25 bits per heavy atom. The molecule has 8 nitrogen and oxygen atoms in total. The van der Waals surface area contributed by atoms with Crippen LogP contribution >= 0.6 is 0 Å². The van der Waals surface area contributed by atoms with Crippen molar-refractivity contribution in [1.29, 1.82) is 0 Å². The second-order valence-corrected chi connectivity index (χ2v) is 8.03. The summed E-state index contributed by atoms with van der Waals surface area (Å²) in [4.78, 5) is 41.6. The fourth-order valence-corrected chi connectivity index (χ4v) is 3.27. The van der Waals surface area contributed by atoms with E-state index in [0.29, 0.717) is 12.8 Å². The summed E-state index contributed by atoms with van der Waals surface area (Å²) in [5, 5.41) is 5.49. The summed E-state index contributed by atoms with van der Waals surface area (Å²) < 4.78 is 10.2. The smallest absolute Gasteiger partial charge is 0.408 e. The second kappa shape index (κ2) is 9.03. The number of carbonyl (C=O) groups excluding carboxylic acids is 3. The number of hydrogen-bond donors (Lipinski definition) is 2. The van der Waals surface area contributed by atoms with Gasteiger partial charge in [-0.15, -0.1) is 0 Å². The molecule has 2 rings (SSSR count). The van der Waals surface area contributed by atoms with E-state index in [9.17, 15) is 14.4 Å². The molecule has 0 spiro atoms. The lowest BCUT2D eigenvalue weighted by molar-refractivity contribution is -0.145. The average molecular weight is 391 g/mol. The molecule has 8 heteroatoms. The molecule has 2 N–H and O–H groups in total. The van der Waals surface area contributed by atoms with E-state index in [2.05, 4.69) is 15.6 Å². The molecule has 28 heavy (non-hydrogen) atoms. The molecule has 1 aromatic rings. The molecule has 1 heterocycles. The Hall–Kier alpha value is -2.64. The van der Waals surface area contributed by atoms with Crippen LogP contribution in [0.1, 0.15) is 52.0 Å². The first kappa shape index (κ1) is 21.7. The number of amides is 2. The minimum atomic E-state index is -1.09. The van der Waals surface area contributed by atoms with E-state index < -0.39 is 35.2 Å². The number of rotatable bonds is 6. The zero-order valence-corrected chi connectivity index (χ0v) is 16.9. The zero-order valence-electron chi connectivity index (χ0n) is 16.9. The highest BCUT2D eigenvalue weighted by atomic mass is 16.6. The van der Waals surface area contributed by atoms with E-state index in [1.165, 1.54) is 7.11 Å². The maximum Gasteiger partial charge on any atom is 0.408 e. The van der Waals surface area contributed by atoms with Crippen LogP contribution in [-0.4, -0.2) is 47.2 Å². The van der Waals surface area contributed by atoms with E-state index in [4.69, 9.17) is 9.47 Å². The Balaban J connectivity index is 2.13. The molecule has 1 fully saturated rings. The lowest BCUT2D eigenvalue weighted by atomic mass is 9.95. The van der Waals surface area contributed by atoms with Crippen LogP contribution in [-0.2, 0) is 25.5 Å². The maximum atomic E-state index is 13.1. The molecule has 1 saturated carbocycles. The van der Waals surface area contributed by atoms with Gasteiger partial charge in [0.15, 0.2) is 0 Å². The van der Waals surface area contributed by atoms with E-state index in [-0.39, 0.29) is 6.42 Å². The van der Waals surface area contributed by atoms with Crippen molar-refractivity contribution in [3.05, 3.63) is 30.1 Å². The highest BCUT2D eigenvalue weighted by Crippen LogP contribution is 2.30. The van der Waals surface area contributed by atoms with E-state index in [1.54, 1.807) is 39.2 Å². The third-order valence-corrected chi connectivity index (χ3v) is 4.59. The Kier molecular flexibility index (Phi) is 6.99. The van der Waals surface area contributed by atoms with Gasteiger partial charge in [-0.1, -0.05) is 18.9 Å². The number of pyridine rings is 1. The minimum Gasteiger partial charge on any atom is -0.467 e. The SMILES string of the molecule is COC(=O)[C@H](Cc1cccnc1)NC(=O)C1(NC(=O)OC(C)(C)C)CCCC1. The molecule has 2 amide bonds.